The Morgan fingerprint density at radius 3 is 1.38 bits per heavy atom. The summed E-state index contributed by atoms with van der Waals surface area (Å²) >= 11 is 4.06. The summed E-state index contributed by atoms with van der Waals surface area (Å²) in [7, 11) is -9.12. The number of rotatable bonds is 18. The monoisotopic (exact) mass is 1640 g/mol. The summed E-state index contributed by atoms with van der Waals surface area (Å²) in [4.78, 5) is 54.4. The van der Waals surface area contributed by atoms with E-state index in [0.29, 0.717) is 67.0 Å². The Hall–Kier alpha value is -4.75. The van der Waals surface area contributed by atoms with E-state index in [0.717, 1.165) is 32.8 Å². The van der Waals surface area contributed by atoms with Gasteiger partial charge in [-0.25, -0.2) is 35.2 Å². The number of aliphatic hydroxyl groups excluding tert-OH is 1. The van der Waals surface area contributed by atoms with Crippen molar-refractivity contribution in [2.45, 2.75) is 129 Å². The summed E-state index contributed by atoms with van der Waals surface area (Å²) in [6.45, 7) is 17.0. The van der Waals surface area contributed by atoms with Crippen LogP contribution in [-0.4, -0.2) is 64.1 Å². The van der Waals surface area contributed by atoms with Crippen molar-refractivity contribution in [1.82, 2.24) is 9.13 Å². The fraction of sp³-hybridized carbons (Fsp3) is 0.369. The molecule has 0 aliphatic heterocycles. The van der Waals surface area contributed by atoms with Crippen LogP contribution in [0.15, 0.2) is 113 Å². The minimum Gasteiger partial charge on any atom is -0.422 e. The number of hydrogen-bond acceptors (Lipinski definition) is 12. The van der Waals surface area contributed by atoms with Gasteiger partial charge in [0, 0.05) is 93.4 Å². The largest absolute Gasteiger partial charge is 0.422 e. The number of pyridine rings is 2. The average Bonchev–Trinajstić information content (AvgIpc) is 1.79. The van der Waals surface area contributed by atoms with Crippen LogP contribution in [0.4, 0.5) is 8.78 Å². The first-order valence-electron chi connectivity index (χ1n) is 28.1. The number of fused-ring (bicyclic) bond motifs is 2. The number of benzene rings is 4. The Labute approximate surface area is 548 Å². The minimum atomic E-state index is -3.53. The molecule has 2 aliphatic rings. The summed E-state index contributed by atoms with van der Waals surface area (Å²) in [5.41, 5.74) is 5.25. The smallest absolute Gasteiger partial charge is 0.339 e. The molecule has 0 unspecified atom stereocenters. The third-order valence-corrected chi connectivity index (χ3v) is 25.6. The summed E-state index contributed by atoms with van der Waals surface area (Å²) in [6.07, 6.45) is 3.45. The molecule has 2 aliphatic carbocycles. The van der Waals surface area contributed by atoms with Gasteiger partial charge in [0.25, 0.3) is 11.1 Å². The van der Waals surface area contributed by atoms with Crippen LogP contribution in [-0.2, 0) is 69.5 Å². The van der Waals surface area contributed by atoms with E-state index in [2.05, 4.69) is 33.9 Å². The molecule has 0 spiro atoms. The van der Waals surface area contributed by atoms with E-state index in [-0.39, 0.29) is 132 Å². The standard InChI is InChI=1S/C35H41FINO6SSi.C29H27FINO6S.CH3.W/c1-21-28(18-24-11-12-26(37)19-29(24)36)31-32(44-34(21)40)30(22(2)38(33(31)39)27-13-14-27)25-10-8-9-23(17-25)20-45(41,42)16-15-43-46(6,7)35(3,4)5;1-16-23(13-19-6-7-21(31)14-24(19)30)26-27(38-29(16)35)25(17(2)32(28(26)34)22-8-9-22)20-5-3-4-18(12-20)15-39(36,37)11-10-33;;/h8-12,17,19,27H,13-16,18,20H2,1-7H3;3-7,12,14,22,33H,8-11,13,15H2,1-2H3;1H3;/q;;-1;. The van der Waals surface area contributed by atoms with Crippen LogP contribution >= 0.6 is 45.2 Å². The van der Waals surface area contributed by atoms with E-state index < -0.39 is 57.5 Å². The van der Waals surface area contributed by atoms with E-state index in [9.17, 15) is 40.4 Å². The molecule has 1 N–H and O–H groups in total. The molecule has 10 rings (SSSR count). The van der Waals surface area contributed by atoms with Gasteiger partial charge in [0.05, 0.1) is 40.4 Å². The predicted molar refractivity (Wildman–Crippen MR) is 355 cm³/mol. The van der Waals surface area contributed by atoms with Crippen molar-refractivity contribution in [2.75, 3.05) is 24.7 Å². The molecule has 464 valence electrons. The number of sulfone groups is 2. The van der Waals surface area contributed by atoms with Crippen molar-refractivity contribution in [2.24, 2.45) is 0 Å². The zero-order chi connectivity index (χ0) is 61.8. The number of aliphatic hydroxyl groups is 1. The molecule has 0 saturated heterocycles. The second-order valence-corrected chi connectivity index (χ2v) is 35.5. The first-order chi connectivity index (χ1) is 39.9. The van der Waals surface area contributed by atoms with Crippen molar-refractivity contribution in [1.29, 1.82) is 0 Å². The Kier molecular flexibility index (Phi) is 21.9. The van der Waals surface area contributed by atoms with Gasteiger partial charge >= 0.3 is 11.3 Å². The molecular weight excluding hydrogens is 1570 g/mol. The second-order valence-electron chi connectivity index (χ2n) is 23.9. The zero-order valence-electron chi connectivity index (χ0n) is 50.3. The Bertz CT molecular complexity index is 4470. The molecule has 4 heterocycles. The summed E-state index contributed by atoms with van der Waals surface area (Å²) in [5, 5.41) is 9.58. The van der Waals surface area contributed by atoms with Crippen molar-refractivity contribution in [3.63, 3.8) is 0 Å². The summed E-state index contributed by atoms with van der Waals surface area (Å²) < 4.78 is 104. The third kappa shape index (κ3) is 15.4. The van der Waals surface area contributed by atoms with Crippen molar-refractivity contribution < 1.29 is 65.0 Å². The zero-order valence-corrected chi connectivity index (χ0v) is 60.2. The fourth-order valence-corrected chi connectivity index (χ4v) is 15.1. The van der Waals surface area contributed by atoms with Crippen molar-refractivity contribution in [3.05, 3.63) is 209 Å². The molecule has 0 bridgehead atoms. The molecule has 4 aromatic carbocycles. The summed E-state index contributed by atoms with van der Waals surface area (Å²) in [5.74, 6) is -1.72. The number of nitrogens with zero attached hydrogens (tertiary/aromatic N) is 2. The van der Waals surface area contributed by atoms with Crippen LogP contribution in [0.2, 0.25) is 18.1 Å². The molecular formula is C65H71F2I2N2O12S2SiW-. The third-order valence-electron chi connectivity index (χ3n) is 16.6. The molecule has 14 nitrogen and oxygen atoms in total. The molecule has 87 heavy (non-hydrogen) atoms. The first kappa shape index (κ1) is 69.7. The Morgan fingerprint density at radius 2 is 1.02 bits per heavy atom. The van der Waals surface area contributed by atoms with Crippen LogP contribution in [0.1, 0.15) is 114 Å². The normalized spacial score (nSPS) is 13.7. The molecule has 2 fully saturated rings. The van der Waals surface area contributed by atoms with Gasteiger partial charge in [0.1, 0.15) is 11.6 Å². The van der Waals surface area contributed by atoms with Crippen LogP contribution in [0.3, 0.4) is 0 Å². The maximum atomic E-state index is 15.0. The Morgan fingerprint density at radius 1 is 0.632 bits per heavy atom. The van der Waals surface area contributed by atoms with Gasteiger partial charge in [0.2, 0.25) is 0 Å². The van der Waals surface area contributed by atoms with E-state index in [4.69, 9.17) is 18.4 Å². The van der Waals surface area contributed by atoms with Crippen LogP contribution in [0.25, 0.3) is 44.2 Å². The maximum Gasteiger partial charge on any atom is 0.339 e. The van der Waals surface area contributed by atoms with E-state index in [1.165, 1.54) is 12.1 Å². The average molecular weight is 1640 g/mol. The van der Waals surface area contributed by atoms with Gasteiger partial charge in [-0.2, -0.15) is 0 Å². The van der Waals surface area contributed by atoms with Crippen LogP contribution in [0.5, 0.6) is 0 Å². The van der Waals surface area contributed by atoms with Crippen molar-refractivity contribution >= 4 is 95.1 Å². The predicted octanol–water partition coefficient (Wildman–Crippen LogP) is 13.1. The van der Waals surface area contributed by atoms with E-state index in [1.807, 2.05) is 58.2 Å². The quantitative estimate of drug-likeness (QED) is 0.0484. The number of aromatic nitrogens is 2. The van der Waals surface area contributed by atoms with Gasteiger partial charge in [-0.15, -0.1) is 0 Å². The molecule has 0 amide bonds. The maximum absolute atomic E-state index is 15.0. The first-order valence-corrected chi connectivity index (χ1v) is 36.8. The van der Waals surface area contributed by atoms with E-state index in [1.54, 1.807) is 96.6 Å². The van der Waals surface area contributed by atoms with Crippen LogP contribution < -0.4 is 22.4 Å². The van der Waals surface area contributed by atoms with Gasteiger partial charge in [-0.3, -0.25) is 9.59 Å². The SMILES string of the molecule is Cc1c(Cc2ccc(I)cc2F)c2c(=O)n(C3CC3)c(C)c(-c3cccc(CS(=O)(=O)CCO)c3)c2oc1=O.Cc1c(Cc2ccc(I)cc2F)c2c(=O)n(C3CC3)c(C)c(-c3cccc(CS(=O)(=O)CCO[Si](C)(C)C(C)(C)C)c3)c2oc1=O.[CH3-].[W]. The van der Waals surface area contributed by atoms with Gasteiger partial charge in [0.15, 0.2) is 39.2 Å². The molecule has 2 saturated carbocycles. The van der Waals surface area contributed by atoms with Crippen LogP contribution in [0, 0.1) is 53.9 Å². The second kappa shape index (κ2) is 27.4. The molecule has 22 heteroatoms. The number of hydrogen-bond donors (Lipinski definition) is 1. The van der Waals surface area contributed by atoms with E-state index >= 15 is 4.39 Å². The Balaban J connectivity index is 0.000000246. The van der Waals surface area contributed by atoms with Gasteiger partial charge < -0.3 is 34.9 Å². The molecule has 8 aromatic rings. The fourth-order valence-electron chi connectivity index (χ4n) is 10.7. The van der Waals surface area contributed by atoms with Gasteiger partial charge in [-0.05, 0) is 198 Å². The van der Waals surface area contributed by atoms with Gasteiger partial charge in [-0.1, -0.05) is 69.3 Å². The summed E-state index contributed by atoms with van der Waals surface area (Å²) in [6, 6.07) is 23.8. The van der Waals surface area contributed by atoms with Crippen molar-refractivity contribution in [3.8, 4) is 22.3 Å². The minimum absolute atomic E-state index is 0. The number of halogens is 4. The molecule has 0 radical (unpaired) electrons. The molecule has 0 atom stereocenters. The topological polar surface area (TPSA) is 202 Å². The molecule has 4 aromatic heterocycles.